The number of H-pyrrole nitrogens is 2. The molecule has 0 aliphatic heterocycles. The molecule has 1 amide bonds. The molecule has 3 N–H and O–H groups in total. The van der Waals surface area contributed by atoms with Crippen LogP contribution in [0.4, 0.5) is 0 Å². The van der Waals surface area contributed by atoms with Crippen molar-refractivity contribution in [2.24, 2.45) is 0 Å². The van der Waals surface area contributed by atoms with E-state index in [-0.39, 0.29) is 11.6 Å². The first-order chi connectivity index (χ1) is 10.1. The van der Waals surface area contributed by atoms with Crippen LogP contribution < -0.4 is 15.7 Å². The quantitative estimate of drug-likeness (QED) is 0.706. The number of aromatic amines is 2. The van der Waals surface area contributed by atoms with Gasteiger partial charge in [0.05, 0.1) is 6.54 Å². The molecule has 0 unspecified atom stereocenters. The van der Waals surface area contributed by atoms with Gasteiger partial charge in [0.15, 0.2) is 0 Å². The van der Waals surface area contributed by atoms with Gasteiger partial charge in [-0.3, -0.25) is 4.79 Å². The normalized spacial score (nSPS) is 10.6. The van der Waals surface area contributed by atoms with Crippen molar-refractivity contribution in [3.05, 3.63) is 52.2 Å². The highest BCUT2D eigenvalue weighted by Gasteiger charge is 2.06. The number of amides is 1. The van der Waals surface area contributed by atoms with Gasteiger partial charge in [-0.1, -0.05) is 26.0 Å². The molecule has 1 aromatic carbocycles. The van der Waals surface area contributed by atoms with Gasteiger partial charge in [-0.25, -0.2) is 4.79 Å². The van der Waals surface area contributed by atoms with Crippen molar-refractivity contribution in [3.8, 4) is 5.75 Å². The first-order valence-corrected chi connectivity index (χ1v) is 6.85. The summed E-state index contributed by atoms with van der Waals surface area (Å²) in [5, 5.41) is 2.66. The fourth-order valence-corrected chi connectivity index (χ4v) is 1.83. The third kappa shape index (κ3) is 4.24. The summed E-state index contributed by atoms with van der Waals surface area (Å²) in [6.45, 7) is 4.99. The van der Waals surface area contributed by atoms with E-state index in [1.165, 1.54) is 11.8 Å². The van der Waals surface area contributed by atoms with Crippen molar-refractivity contribution >= 4 is 5.91 Å². The van der Waals surface area contributed by atoms with Crippen molar-refractivity contribution in [2.75, 3.05) is 13.2 Å². The highest BCUT2D eigenvalue weighted by atomic mass is 16.5. The van der Waals surface area contributed by atoms with E-state index in [0.717, 1.165) is 5.75 Å². The fourth-order valence-electron chi connectivity index (χ4n) is 1.83. The molecular formula is C15H19N3O3. The largest absolute Gasteiger partial charge is 0.492 e. The minimum Gasteiger partial charge on any atom is -0.492 e. The maximum atomic E-state index is 11.6. The van der Waals surface area contributed by atoms with Crippen LogP contribution in [0.5, 0.6) is 5.75 Å². The van der Waals surface area contributed by atoms with Gasteiger partial charge in [0, 0.05) is 6.20 Å². The Labute approximate surface area is 122 Å². The van der Waals surface area contributed by atoms with Crippen LogP contribution in [0.15, 0.2) is 35.3 Å². The van der Waals surface area contributed by atoms with Crippen LogP contribution >= 0.6 is 0 Å². The Bertz CT molecular complexity index is 641. The lowest BCUT2D eigenvalue weighted by molar-refractivity contribution is 0.0942. The molecule has 0 spiro atoms. The molecular weight excluding hydrogens is 270 g/mol. The van der Waals surface area contributed by atoms with Gasteiger partial charge in [-0.15, -0.1) is 0 Å². The predicted molar refractivity (Wildman–Crippen MR) is 79.8 cm³/mol. The van der Waals surface area contributed by atoms with Crippen molar-refractivity contribution in [3.63, 3.8) is 0 Å². The number of aromatic nitrogens is 2. The maximum Gasteiger partial charge on any atom is 0.323 e. The van der Waals surface area contributed by atoms with Crippen molar-refractivity contribution < 1.29 is 9.53 Å². The van der Waals surface area contributed by atoms with Gasteiger partial charge in [0.1, 0.15) is 18.1 Å². The molecule has 112 valence electrons. The van der Waals surface area contributed by atoms with Crippen molar-refractivity contribution in [1.29, 1.82) is 0 Å². The molecule has 1 heterocycles. The molecule has 0 saturated carbocycles. The Kier molecular flexibility index (Phi) is 4.81. The SMILES string of the molecule is CC(C)c1ccc(OCCNC(=O)c2c[nH]c(=O)[nH]2)cc1. The number of carbonyl (C=O) groups excluding carboxylic acids is 1. The second kappa shape index (κ2) is 6.78. The third-order valence-corrected chi connectivity index (χ3v) is 3.04. The van der Waals surface area contributed by atoms with E-state index >= 15 is 0 Å². The summed E-state index contributed by atoms with van der Waals surface area (Å²) in [5.41, 5.74) is 1.06. The number of carbonyl (C=O) groups is 1. The van der Waals surface area contributed by atoms with Crippen LogP contribution in [0.25, 0.3) is 0 Å². The standard InChI is InChI=1S/C15H19N3O3/c1-10(2)11-3-5-12(6-4-11)21-8-7-16-14(19)13-9-17-15(20)18-13/h3-6,9-10H,7-8H2,1-2H3,(H,16,19)(H2,17,18,20). The van der Waals surface area contributed by atoms with Crippen molar-refractivity contribution in [2.45, 2.75) is 19.8 Å². The maximum absolute atomic E-state index is 11.6. The smallest absolute Gasteiger partial charge is 0.323 e. The van der Waals surface area contributed by atoms with Gasteiger partial charge < -0.3 is 20.0 Å². The third-order valence-electron chi connectivity index (χ3n) is 3.04. The first-order valence-electron chi connectivity index (χ1n) is 6.85. The Hall–Kier alpha value is -2.50. The van der Waals surface area contributed by atoms with E-state index in [1.807, 2.05) is 24.3 Å². The van der Waals surface area contributed by atoms with Crippen LogP contribution in [-0.2, 0) is 0 Å². The van der Waals surface area contributed by atoms with Crippen LogP contribution in [0.3, 0.4) is 0 Å². The summed E-state index contributed by atoms with van der Waals surface area (Å²) in [4.78, 5) is 27.3. The zero-order valence-corrected chi connectivity index (χ0v) is 12.1. The zero-order valence-electron chi connectivity index (χ0n) is 12.1. The number of rotatable bonds is 6. The number of ether oxygens (including phenoxy) is 1. The number of hydrogen-bond acceptors (Lipinski definition) is 3. The Morgan fingerprint density at radius 2 is 2.00 bits per heavy atom. The summed E-state index contributed by atoms with van der Waals surface area (Å²) in [7, 11) is 0. The van der Waals surface area contributed by atoms with Crippen molar-refractivity contribution in [1.82, 2.24) is 15.3 Å². The molecule has 6 nitrogen and oxygen atoms in total. The molecule has 21 heavy (non-hydrogen) atoms. The average molecular weight is 289 g/mol. The molecule has 0 radical (unpaired) electrons. The minimum absolute atomic E-state index is 0.210. The summed E-state index contributed by atoms with van der Waals surface area (Å²) < 4.78 is 5.54. The molecule has 0 fully saturated rings. The highest BCUT2D eigenvalue weighted by Crippen LogP contribution is 2.18. The zero-order chi connectivity index (χ0) is 15.2. The van der Waals surface area contributed by atoms with E-state index in [9.17, 15) is 9.59 Å². The molecule has 0 bridgehead atoms. The van der Waals surface area contributed by atoms with E-state index < -0.39 is 5.69 Å². The summed E-state index contributed by atoms with van der Waals surface area (Å²) in [6.07, 6.45) is 1.34. The number of hydrogen-bond donors (Lipinski definition) is 3. The highest BCUT2D eigenvalue weighted by molar-refractivity contribution is 5.91. The second-order valence-corrected chi connectivity index (χ2v) is 4.98. The molecule has 2 aromatic rings. The molecule has 0 aliphatic carbocycles. The van der Waals surface area contributed by atoms with Gasteiger partial charge >= 0.3 is 5.69 Å². The molecule has 0 atom stereocenters. The van der Waals surface area contributed by atoms with Gasteiger partial charge in [0.2, 0.25) is 0 Å². The Morgan fingerprint density at radius 1 is 1.29 bits per heavy atom. The summed E-state index contributed by atoms with van der Waals surface area (Å²) in [5.74, 6) is 0.914. The van der Waals surface area contributed by atoms with Crippen LogP contribution in [-0.4, -0.2) is 29.0 Å². The van der Waals surface area contributed by atoms with E-state index in [1.54, 1.807) is 0 Å². The van der Waals surface area contributed by atoms with E-state index in [0.29, 0.717) is 19.1 Å². The van der Waals surface area contributed by atoms with Gasteiger partial charge in [-0.05, 0) is 23.6 Å². The average Bonchev–Trinajstić information content (AvgIpc) is 2.90. The van der Waals surface area contributed by atoms with Gasteiger partial charge in [0.25, 0.3) is 5.91 Å². The first kappa shape index (κ1) is 14.9. The van der Waals surface area contributed by atoms with Crippen LogP contribution in [0.1, 0.15) is 35.8 Å². The van der Waals surface area contributed by atoms with E-state index in [2.05, 4.69) is 29.1 Å². The molecule has 6 heteroatoms. The lowest BCUT2D eigenvalue weighted by atomic mass is 10.0. The number of benzene rings is 1. The second-order valence-electron chi connectivity index (χ2n) is 4.98. The lowest BCUT2D eigenvalue weighted by Crippen LogP contribution is -2.28. The van der Waals surface area contributed by atoms with Crippen LogP contribution in [0.2, 0.25) is 0 Å². The topological polar surface area (TPSA) is 87.0 Å². The molecule has 2 rings (SSSR count). The molecule has 0 saturated heterocycles. The number of nitrogens with one attached hydrogen (secondary N) is 3. The Balaban J connectivity index is 1.74. The number of imidazole rings is 1. The predicted octanol–water partition coefficient (Wildman–Crippen LogP) is 1.64. The minimum atomic E-state index is -0.401. The molecule has 1 aromatic heterocycles. The monoisotopic (exact) mass is 289 g/mol. The van der Waals surface area contributed by atoms with Crippen LogP contribution in [0, 0.1) is 0 Å². The fraction of sp³-hybridized carbons (Fsp3) is 0.333. The lowest BCUT2D eigenvalue weighted by Gasteiger charge is -2.09. The van der Waals surface area contributed by atoms with Gasteiger partial charge in [-0.2, -0.15) is 0 Å². The summed E-state index contributed by atoms with van der Waals surface area (Å²) >= 11 is 0. The Morgan fingerprint density at radius 3 is 2.57 bits per heavy atom. The summed E-state index contributed by atoms with van der Waals surface area (Å²) in [6, 6.07) is 7.90. The van der Waals surface area contributed by atoms with E-state index in [4.69, 9.17) is 4.74 Å². The molecule has 0 aliphatic rings.